The van der Waals surface area contributed by atoms with Crippen molar-refractivity contribution < 1.29 is 28.3 Å². The van der Waals surface area contributed by atoms with Gasteiger partial charge in [0.1, 0.15) is 0 Å². The second-order valence-corrected chi connectivity index (χ2v) is 5.91. The summed E-state index contributed by atoms with van der Waals surface area (Å²) in [4.78, 5) is 39.1. The molecule has 0 unspecified atom stereocenters. The molecule has 2 heterocycles. The highest BCUT2D eigenvalue weighted by Gasteiger charge is 2.28. The zero-order chi connectivity index (χ0) is 18.0. The van der Waals surface area contributed by atoms with Gasteiger partial charge in [0.05, 0.1) is 18.4 Å². The Balaban J connectivity index is 2.19. The van der Waals surface area contributed by atoms with Crippen LogP contribution in [0.5, 0.6) is 0 Å². The molecule has 24 heavy (non-hydrogen) atoms. The van der Waals surface area contributed by atoms with Gasteiger partial charge in [0, 0.05) is 5.69 Å². The van der Waals surface area contributed by atoms with Gasteiger partial charge >= 0.3 is 11.9 Å². The number of rotatable bonds is 5. The number of carbonyl (C=O) groups excluding carboxylic acids is 3. The van der Waals surface area contributed by atoms with E-state index in [1.54, 1.807) is 19.9 Å². The van der Waals surface area contributed by atoms with E-state index in [1.165, 1.54) is 20.1 Å². The number of ether oxygens (including phenoxy) is 2. The summed E-state index contributed by atoms with van der Waals surface area (Å²) in [6, 6.07) is 2.98. The van der Waals surface area contributed by atoms with Crippen molar-refractivity contribution in [3.63, 3.8) is 0 Å². The first-order valence-corrected chi connectivity index (χ1v) is 7.83. The van der Waals surface area contributed by atoms with Gasteiger partial charge in [-0.15, -0.1) is 0 Å². The second-order valence-electron chi connectivity index (χ2n) is 5.13. The van der Waals surface area contributed by atoms with Crippen LogP contribution in [0, 0.1) is 13.8 Å². The molecule has 0 aromatic carbocycles. The Labute approximate surface area is 146 Å². The summed E-state index contributed by atoms with van der Waals surface area (Å²) in [5.74, 6) is -1.76. The molecule has 0 bridgehead atoms. The zero-order valence-corrected chi connectivity index (χ0v) is 15.1. The number of aromatic amines is 1. The molecule has 0 saturated carbocycles. The summed E-state index contributed by atoms with van der Waals surface area (Å²) in [5, 5.41) is 0. The number of furan rings is 1. The maximum absolute atomic E-state index is 12.5. The van der Waals surface area contributed by atoms with E-state index in [4.69, 9.17) is 13.9 Å². The van der Waals surface area contributed by atoms with Crippen LogP contribution in [0.4, 0.5) is 0 Å². The third kappa shape index (κ3) is 3.43. The smallest absolute Gasteiger partial charge is 0.374 e. The Bertz CT molecular complexity index is 804. The van der Waals surface area contributed by atoms with Crippen molar-refractivity contribution in [1.82, 2.24) is 4.98 Å². The van der Waals surface area contributed by atoms with Crippen molar-refractivity contribution in [3.05, 3.63) is 45.1 Å². The van der Waals surface area contributed by atoms with E-state index < -0.39 is 23.8 Å². The van der Waals surface area contributed by atoms with E-state index in [1.807, 2.05) is 0 Å². The third-order valence-corrected chi connectivity index (χ3v) is 3.93. The van der Waals surface area contributed by atoms with Crippen molar-refractivity contribution in [2.45, 2.75) is 26.9 Å². The minimum atomic E-state index is -1.05. The van der Waals surface area contributed by atoms with Crippen molar-refractivity contribution >= 4 is 33.7 Å². The van der Waals surface area contributed by atoms with Gasteiger partial charge in [-0.25, -0.2) is 9.59 Å². The molecule has 0 saturated heterocycles. The summed E-state index contributed by atoms with van der Waals surface area (Å²) in [5.41, 5.74) is 1.47. The number of carbonyl (C=O) groups is 3. The van der Waals surface area contributed by atoms with E-state index in [0.717, 1.165) is 0 Å². The Morgan fingerprint density at radius 1 is 1.21 bits per heavy atom. The Morgan fingerprint density at radius 2 is 1.88 bits per heavy atom. The molecule has 8 heteroatoms. The van der Waals surface area contributed by atoms with Crippen LogP contribution >= 0.6 is 15.9 Å². The van der Waals surface area contributed by atoms with Crippen LogP contribution in [0.1, 0.15) is 49.6 Å². The summed E-state index contributed by atoms with van der Waals surface area (Å²) in [6.45, 7) is 4.74. The van der Waals surface area contributed by atoms with Crippen LogP contribution < -0.4 is 0 Å². The van der Waals surface area contributed by atoms with E-state index in [2.05, 4.69) is 20.9 Å². The average molecular weight is 398 g/mol. The minimum absolute atomic E-state index is 0.0174. The van der Waals surface area contributed by atoms with Crippen LogP contribution in [0.2, 0.25) is 0 Å². The molecular weight excluding hydrogens is 382 g/mol. The molecule has 128 valence electrons. The summed E-state index contributed by atoms with van der Waals surface area (Å²) < 4.78 is 15.3. The SMILES string of the molecule is COC(=O)c1c(C)[nH]c(C(=O)[C@@H](C)OC(=O)c2ccc(Br)o2)c1C. The lowest BCUT2D eigenvalue weighted by atomic mass is 10.1. The molecule has 2 rings (SSSR count). The summed E-state index contributed by atoms with van der Waals surface area (Å²) in [6.07, 6.45) is -1.05. The zero-order valence-electron chi connectivity index (χ0n) is 13.6. The van der Waals surface area contributed by atoms with Gasteiger partial charge in [-0.1, -0.05) is 0 Å². The highest BCUT2D eigenvalue weighted by Crippen LogP contribution is 2.21. The minimum Gasteiger partial charge on any atom is -0.465 e. The Morgan fingerprint density at radius 3 is 2.42 bits per heavy atom. The van der Waals surface area contributed by atoms with E-state index in [9.17, 15) is 14.4 Å². The predicted octanol–water partition coefficient (Wildman–Crippen LogP) is 3.20. The average Bonchev–Trinajstić information content (AvgIpc) is 3.09. The maximum atomic E-state index is 12.5. The van der Waals surface area contributed by atoms with Crippen molar-refractivity contribution in [2.75, 3.05) is 7.11 Å². The fourth-order valence-corrected chi connectivity index (χ4v) is 2.61. The molecule has 0 aliphatic carbocycles. The van der Waals surface area contributed by atoms with Gasteiger partial charge in [-0.05, 0) is 54.4 Å². The lowest BCUT2D eigenvalue weighted by Crippen LogP contribution is -2.25. The Hall–Kier alpha value is -2.35. The fraction of sp³-hybridized carbons (Fsp3) is 0.312. The quantitative estimate of drug-likeness (QED) is 0.614. The van der Waals surface area contributed by atoms with E-state index >= 15 is 0 Å². The van der Waals surface area contributed by atoms with Crippen molar-refractivity contribution in [2.24, 2.45) is 0 Å². The van der Waals surface area contributed by atoms with E-state index in [0.29, 0.717) is 21.5 Å². The highest BCUT2D eigenvalue weighted by atomic mass is 79.9. The van der Waals surface area contributed by atoms with Crippen molar-refractivity contribution in [3.8, 4) is 0 Å². The number of H-pyrrole nitrogens is 1. The van der Waals surface area contributed by atoms with Gasteiger partial charge in [0.15, 0.2) is 10.8 Å². The van der Waals surface area contributed by atoms with Gasteiger partial charge in [0.25, 0.3) is 0 Å². The molecule has 0 spiro atoms. The van der Waals surface area contributed by atoms with Crippen LogP contribution in [-0.4, -0.2) is 35.9 Å². The molecule has 2 aromatic rings. The molecule has 0 radical (unpaired) electrons. The fourth-order valence-electron chi connectivity index (χ4n) is 2.30. The van der Waals surface area contributed by atoms with Crippen LogP contribution in [-0.2, 0) is 9.47 Å². The largest absolute Gasteiger partial charge is 0.465 e. The molecule has 1 atom stereocenters. The molecule has 1 N–H and O–H groups in total. The number of halogens is 1. The van der Waals surface area contributed by atoms with Crippen molar-refractivity contribution in [1.29, 1.82) is 0 Å². The molecule has 0 aliphatic rings. The second kappa shape index (κ2) is 7.04. The van der Waals surface area contributed by atoms with Gasteiger partial charge < -0.3 is 18.9 Å². The molecular formula is C16H16BrNO6. The number of hydrogen-bond acceptors (Lipinski definition) is 6. The van der Waals surface area contributed by atoms with Crippen LogP contribution in [0.3, 0.4) is 0 Å². The monoisotopic (exact) mass is 397 g/mol. The van der Waals surface area contributed by atoms with Gasteiger partial charge in [-0.2, -0.15) is 0 Å². The standard InChI is InChI=1S/C16H16BrNO6/c1-7-12(16(21)22-4)8(2)18-13(7)14(19)9(3)23-15(20)10-5-6-11(17)24-10/h5-6,9,18H,1-4H3/t9-/m1/s1. The lowest BCUT2D eigenvalue weighted by molar-refractivity contribution is 0.0286. The molecule has 0 amide bonds. The third-order valence-electron chi connectivity index (χ3n) is 3.50. The summed E-state index contributed by atoms with van der Waals surface area (Å²) in [7, 11) is 1.27. The number of aromatic nitrogens is 1. The first-order chi connectivity index (χ1) is 11.3. The molecule has 0 fully saturated rings. The topological polar surface area (TPSA) is 98.6 Å². The number of hydrogen-bond donors (Lipinski definition) is 1. The van der Waals surface area contributed by atoms with Crippen LogP contribution in [0.25, 0.3) is 0 Å². The van der Waals surface area contributed by atoms with E-state index in [-0.39, 0.29) is 11.5 Å². The lowest BCUT2D eigenvalue weighted by Gasteiger charge is -2.11. The number of esters is 2. The predicted molar refractivity (Wildman–Crippen MR) is 87.2 cm³/mol. The number of methoxy groups -OCH3 is 1. The molecule has 2 aromatic heterocycles. The molecule has 0 aliphatic heterocycles. The first kappa shape index (κ1) is 18.0. The number of aryl methyl sites for hydroxylation is 1. The van der Waals surface area contributed by atoms with Gasteiger partial charge in [-0.3, -0.25) is 4.79 Å². The maximum Gasteiger partial charge on any atom is 0.374 e. The van der Waals surface area contributed by atoms with Gasteiger partial charge in [0.2, 0.25) is 11.5 Å². The number of nitrogens with one attached hydrogen (secondary N) is 1. The normalized spacial score (nSPS) is 11.9. The first-order valence-electron chi connectivity index (χ1n) is 7.04. The Kier molecular flexibility index (Phi) is 5.28. The summed E-state index contributed by atoms with van der Waals surface area (Å²) >= 11 is 3.08. The number of Topliss-reactive ketones (excluding diaryl/α,β-unsaturated/α-hetero) is 1. The molecule has 7 nitrogen and oxygen atoms in total. The van der Waals surface area contributed by atoms with Crippen LogP contribution in [0.15, 0.2) is 21.2 Å². The number of ketones is 1. The highest BCUT2D eigenvalue weighted by molar-refractivity contribution is 9.10.